The standard InChI is InChI=1S/C9H15BrO2/c1-9(2)11-7-4-3-6(5-10)8(7)12-9/h6-8H,3-5H2,1-2H3/t6-,7-,8+/m1/s1. The molecule has 2 fully saturated rings. The van der Waals surface area contributed by atoms with E-state index < -0.39 is 0 Å². The molecule has 3 heteroatoms. The Kier molecular flexibility index (Phi) is 2.22. The van der Waals surface area contributed by atoms with Crippen molar-refractivity contribution in [2.24, 2.45) is 5.92 Å². The zero-order valence-electron chi connectivity index (χ0n) is 7.55. The fourth-order valence-electron chi connectivity index (χ4n) is 2.19. The Labute approximate surface area is 81.7 Å². The Bertz CT molecular complexity index is 181. The van der Waals surface area contributed by atoms with E-state index in [4.69, 9.17) is 9.47 Å². The van der Waals surface area contributed by atoms with E-state index >= 15 is 0 Å². The fourth-order valence-corrected chi connectivity index (χ4v) is 2.89. The Morgan fingerprint density at radius 1 is 1.33 bits per heavy atom. The van der Waals surface area contributed by atoms with Crippen LogP contribution in [0.4, 0.5) is 0 Å². The summed E-state index contributed by atoms with van der Waals surface area (Å²) in [5.74, 6) is 0.299. The third-order valence-electron chi connectivity index (χ3n) is 2.71. The predicted molar refractivity (Wildman–Crippen MR) is 50.3 cm³/mol. The Morgan fingerprint density at radius 3 is 2.75 bits per heavy atom. The van der Waals surface area contributed by atoms with Crippen LogP contribution in [0.15, 0.2) is 0 Å². The molecule has 0 aromatic rings. The summed E-state index contributed by atoms with van der Waals surface area (Å²) in [6.45, 7) is 3.99. The SMILES string of the molecule is CC1(C)O[C@H]2[C@@H](CBr)CC[C@H]2O1. The molecule has 0 aromatic carbocycles. The first-order chi connectivity index (χ1) is 5.62. The summed E-state index contributed by atoms with van der Waals surface area (Å²) in [4.78, 5) is 0. The van der Waals surface area contributed by atoms with Crippen LogP contribution in [0.3, 0.4) is 0 Å². The predicted octanol–water partition coefficient (Wildman–Crippen LogP) is 2.31. The first-order valence-electron chi connectivity index (χ1n) is 4.54. The van der Waals surface area contributed by atoms with Gasteiger partial charge in [-0.25, -0.2) is 0 Å². The van der Waals surface area contributed by atoms with Crippen molar-refractivity contribution in [2.75, 3.05) is 5.33 Å². The largest absolute Gasteiger partial charge is 0.345 e. The zero-order chi connectivity index (χ0) is 8.77. The average Bonchev–Trinajstić information content (AvgIpc) is 2.42. The molecule has 0 aromatic heterocycles. The highest BCUT2D eigenvalue weighted by molar-refractivity contribution is 9.09. The highest BCUT2D eigenvalue weighted by atomic mass is 79.9. The van der Waals surface area contributed by atoms with Gasteiger partial charge in [0, 0.05) is 5.33 Å². The molecule has 3 atom stereocenters. The maximum atomic E-state index is 5.82. The van der Waals surface area contributed by atoms with E-state index in [0.29, 0.717) is 18.1 Å². The van der Waals surface area contributed by atoms with Crippen LogP contribution in [0.5, 0.6) is 0 Å². The number of alkyl halides is 1. The summed E-state index contributed by atoms with van der Waals surface area (Å²) < 4.78 is 11.6. The van der Waals surface area contributed by atoms with Crippen LogP contribution in [0.25, 0.3) is 0 Å². The van der Waals surface area contributed by atoms with Crippen molar-refractivity contribution in [1.29, 1.82) is 0 Å². The van der Waals surface area contributed by atoms with Crippen molar-refractivity contribution >= 4 is 15.9 Å². The van der Waals surface area contributed by atoms with Gasteiger partial charge in [0.1, 0.15) is 0 Å². The number of hydrogen-bond acceptors (Lipinski definition) is 2. The van der Waals surface area contributed by atoms with Gasteiger partial charge in [0.2, 0.25) is 0 Å². The highest BCUT2D eigenvalue weighted by Gasteiger charge is 2.48. The third-order valence-corrected chi connectivity index (χ3v) is 3.54. The first-order valence-corrected chi connectivity index (χ1v) is 5.66. The molecule has 2 rings (SSSR count). The summed E-state index contributed by atoms with van der Waals surface area (Å²) >= 11 is 3.51. The van der Waals surface area contributed by atoms with Crippen LogP contribution in [0.1, 0.15) is 26.7 Å². The summed E-state index contributed by atoms with van der Waals surface area (Å²) in [6.07, 6.45) is 3.07. The molecule has 0 radical (unpaired) electrons. The Morgan fingerprint density at radius 2 is 2.08 bits per heavy atom. The van der Waals surface area contributed by atoms with Crippen molar-refractivity contribution in [2.45, 2.75) is 44.7 Å². The Hall–Kier alpha value is 0.400. The molecule has 12 heavy (non-hydrogen) atoms. The second-order valence-corrected chi connectivity index (χ2v) is 4.78. The number of hydrogen-bond donors (Lipinski definition) is 0. The van der Waals surface area contributed by atoms with Crippen molar-refractivity contribution < 1.29 is 9.47 Å². The summed E-state index contributed by atoms with van der Waals surface area (Å²) in [5.41, 5.74) is 0. The smallest absolute Gasteiger partial charge is 0.163 e. The average molecular weight is 235 g/mol. The van der Waals surface area contributed by atoms with Crippen molar-refractivity contribution in [3.8, 4) is 0 Å². The fraction of sp³-hybridized carbons (Fsp3) is 1.00. The lowest BCUT2D eigenvalue weighted by Crippen LogP contribution is -2.25. The monoisotopic (exact) mass is 234 g/mol. The molecule has 70 valence electrons. The van der Waals surface area contributed by atoms with E-state index in [1.807, 2.05) is 13.8 Å². The van der Waals surface area contributed by atoms with Gasteiger partial charge in [0.25, 0.3) is 0 Å². The quantitative estimate of drug-likeness (QED) is 0.649. The van der Waals surface area contributed by atoms with Gasteiger partial charge in [0.15, 0.2) is 5.79 Å². The molecule has 0 unspecified atom stereocenters. The molecule has 1 saturated carbocycles. The number of rotatable bonds is 1. The lowest BCUT2D eigenvalue weighted by Gasteiger charge is -2.20. The van der Waals surface area contributed by atoms with Gasteiger partial charge >= 0.3 is 0 Å². The van der Waals surface area contributed by atoms with E-state index in [9.17, 15) is 0 Å². The number of halogens is 1. The molecular weight excluding hydrogens is 220 g/mol. The van der Waals surface area contributed by atoms with Gasteiger partial charge < -0.3 is 9.47 Å². The van der Waals surface area contributed by atoms with Gasteiger partial charge in [0.05, 0.1) is 12.2 Å². The van der Waals surface area contributed by atoms with E-state index in [2.05, 4.69) is 15.9 Å². The van der Waals surface area contributed by atoms with Crippen LogP contribution in [-0.4, -0.2) is 23.3 Å². The van der Waals surface area contributed by atoms with Crippen LogP contribution < -0.4 is 0 Å². The third kappa shape index (κ3) is 1.42. The van der Waals surface area contributed by atoms with Crippen LogP contribution in [0, 0.1) is 5.92 Å². The van der Waals surface area contributed by atoms with Crippen molar-refractivity contribution in [3.05, 3.63) is 0 Å². The molecule has 0 bridgehead atoms. The molecule has 1 saturated heterocycles. The van der Waals surface area contributed by atoms with Gasteiger partial charge in [-0.2, -0.15) is 0 Å². The van der Waals surface area contributed by atoms with Crippen LogP contribution >= 0.6 is 15.9 Å². The molecule has 0 amide bonds. The minimum Gasteiger partial charge on any atom is -0.345 e. The molecular formula is C9H15BrO2. The Balaban J connectivity index is 2.06. The summed E-state index contributed by atoms with van der Waals surface area (Å²) in [7, 11) is 0. The van der Waals surface area contributed by atoms with Gasteiger partial charge in [-0.15, -0.1) is 0 Å². The second kappa shape index (κ2) is 2.96. The molecule has 2 nitrogen and oxygen atoms in total. The molecule has 1 aliphatic heterocycles. The molecule has 1 heterocycles. The van der Waals surface area contributed by atoms with E-state index in [-0.39, 0.29) is 5.79 Å². The maximum absolute atomic E-state index is 5.82. The van der Waals surface area contributed by atoms with Crippen LogP contribution in [0.2, 0.25) is 0 Å². The lowest BCUT2D eigenvalue weighted by atomic mass is 10.1. The van der Waals surface area contributed by atoms with Gasteiger partial charge in [-0.1, -0.05) is 15.9 Å². The maximum Gasteiger partial charge on any atom is 0.163 e. The first kappa shape index (κ1) is 8.97. The molecule has 1 aliphatic carbocycles. The van der Waals surface area contributed by atoms with E-state index in [1.165, 1.54) is 6.42 Å². The topological polar surface area (TPSA) is 18.5 Å². The highest BCUT2D eigenvalue weighted by Crippen LogP contribution is 2.41. The second-order valence-electron chi connectivity index (χ2n) is 4.13. The molecule has 0 N–H and O–H groups in total. The summed E-state index contributed by atoms with van der Waals surface area (Å²) in [5, 5.41) is 1.04. The number of fused-ring (bicyclic) bond motifs is 1. The molecule has 0 spiro atoms. The minimum absolute atomic E-state index is 0.333. The summed E-state index contributed by atoms with van der Waals surface area (Å²) in [6, 6.07) is 0. The van der Waals surface area contributed by atoms with Crippen LogP contribution in [-0.2, 0) is 9.47 Å². The van der Waals surface area contributed by atoms with E-state index in [1.54, 1.807) is 0 Å². The van der Waals surface area contributed by atoms with Gasteiger partial charge in [-0.3, -0.25) is 0 Å². The normalized spacial score (nSPS) is 44.8. The minimum atomic E-state index is -0.351. The lowest BCUT2D eigenvalue weighted by molar-refractivity contribution is -0.155. The van der Waals surface area contributed by atoms with E-state index in [0.717, 1.165) is 11.8 Å². The van der Waals surface area contributed by atoms with Crippen molar-refractivity contribution in [1.82, 2.24) is 0 Å². The molecule has 2 aliphatic rings. The van der Waals surface area contributed by atoms with Crippen molar-refractivity contribution in [3.63, 3.8) is 0 Å². The van der Waals surface area contributed by atoms with Gasteiger partial charge in [-0.05, 0) is 32.6 Å². The zero-order valence-corrected chi connectivity index (χ0v) is 9.13. The number of ether oxygens (including phenoxy) is 2.